The van der Waals surface area contributed by atoms with Gasteiger partial charge in [-0.25, -0.2) is 4.79 Å². The second kappa shape index (κ2) is 7.67. The smallest absolute Gasteiger partial charge is 0.407 e. The van der Waals surface area contributed by atoms with E-state index in [-0.39, 0.29) is 24.5 Å². The summed E-state index contributed by atoms with van der Waals surface area (Å²) in [7, 11) is 0. The maximum absolute atomic E-state index is 13.4. The lowest BCUT2D eigenvalue weighted by molar-refractivity contribution is -0.173. The maximum Gasteiger partial charge on any atom is 0.407 e. The van der Waals surface area contributed by atoms with Gasteiger partial charge in [-0.1, -0.05) is 30.3 Å². The molecule has 0 saturated carbocycles. The Morgan fingerprint density at radius 2 is 1.86 bits per heavy atom. The molecule has 0 unspecified atom stereocenters. The highest BCUT2D eigenvalue weighted by Gasteiger charge is 2.48. The topological polar surface area (TPSA) is 88.2 Å². The number of hydrogen-bond donors (Lipinski definition) is 1. The number of nitrogens with one attached hydrogen (secondary N) is 1. The Hall–Kier alpha value is -2.61. The van der Waals surface area contributed by atoms with E-state index < -0.39 is 23.8 Å². The Bertz CT molecular complexity index is 789. The molecule has 0 bridgehead atoms. The van der Waals surface area contributed by atoms with Gasteiger partial charge in [0.1, 0.15) is 12.2 Å². The highest BCUT2D eigenvalue weighted by molar-refractivity contribution is 5.86. The summed E-state index contributed by atoms with van der Waals surface area (Å²) >= 11 is 0. The highest BCUT2D eigenvalue weighted by Crippen LogP contribution is 2.35. The summed E-state index contributed by atoms with van der Waals surface area (Å²) in [6.07, 6.45) is 0.0338. The van der Waals surface area contributed by atoms with Crippen LogP contribution in [0.5, 0.6) is 0 Å². The van der Waals surface area contributed by atoms with Crippen LogP contribution in [-0.4, -0.2) is 71.7 Å². The maximum atomic E-state index is 13.4. The molecule has 1 aromatic carbocycles. The fraction of sp³-hybridized carbons (Fsp3) is 0.571. The molecule has 3 aliphatic heterocycles. The SMILES string of the molecule is CC(C)N1C(=O)CO[C@H](C(=O)N2CCC3(CC2)CNC(=O)O3)[C@H]1c1ccccc1. The molecular weight excluding hydrogens is 374 g/mol. The van der Waals surface area contributed by atoms with E-state index in [1.54, 1.807) is 9.80 Å². The molecule has 0 radical (unpaired) electrons. The number of benzene rings is 1. The minimum atomic E-state index is -0.754. The minimum Gasteiger partial charge on any atom is -0.441 e. The molecule has 1 aromatic rings. The van der Waals surface area contributed by atoms with Crippen LogP contribution in [-0.2, 0) is 19.1 Å². The predicted molar refractivity (Wildman–Crippen MR) is 104 cm³/mol. The zero-order chi connectivity index (χ0) is 20.6. The number of rotatable bonds is 3. The van der Waals surface area contributed by atoms with E-state index in [0.29, 0.717) is 32.5 Å². The molecule has 0 aromatic heterocycles. The second-order valence-electron chi connectivity index (χ2n) is 8.23. The molecule has 1 spiro atoms. The average Bonchev–Trinajstić information content (AvgIpc) is 3.08. The molecule has 29 heavy (non-hydrogen) atoms. The standard InChI is InChI=1S/C21H27N3O5/c1-14(2)24-16(25)12-28-18(17(24)15-6-4-3-5-7-15)19(26)23-10-8-21(9-11-23)13-22-20(27)29-21/h3-7,14,17-18H,8-13H2,1-2H3,(H,22,27)/t17-,18+/m1/s1. The van der Waals surface area contributed by atoms with Crippen molar-refractivity contribution in [3.05, 3.63) is 35.9 Å². The van der Waals surface area contributed by atoms with Gasteiger partial charge in [-0.2, -0.15) is 0 Å². The summed E-state index contributed by atoms with van der Waals surface area (Å²) in [4.78, 5) is 41.0. The third-order valence-corrected chi connectivity index (χ3v) is 6.05. The number of ether oxygens (including phenoxy) is 2. The molecule has 3 fully saturated rings. The molecule has 8 nitrogen and oxygen atoms in total. The van der Waals surface area contributed by atoms with E-state index in [4.69, 9.17) is 9.47 Å². The summed E-state index contributed by atoms with van der Waals surface area (Å²) < 4.78 is 11.3. The second-order valence-corrected chi connectivity index (χ2v) is 8.23. The van der Waals surface area contributed by atoms with Crippen LogP contribution in [0.2, 0.25) is 0 Å². The van der Waals surface area contributed by atoms with E-state index in [0.717, 1.165) is 5.56 Å². The van der Waals surface area contributed by atoms with Gasteiger partial charge in [0.2, 0.25) is 5.91 Å². The summed E-state index contributed by atoms with van der Waals surface area (Å²) in [5.41, 5.74) is 0.370. The fourth-order valence-electron chi connectivity index (χ4n) is 4.52. The number of amides is 3. The predicted octanol–water partition coefficient (Wildman–Crippen LogP) is 1.46. The van der Waals surface area contributed by atoms with Crippen LogP contribution < -0.4 is 5.32 Å². The third kappa shape index (κ3) is 3.69. The molecule has 3 amide bonds. The summed E-state index contributed by atoms with van der Waals surface area (Å²) in [5.74, 6) is -0.233. The minimum absolute atomic E-state index is 0.0551. The van der Waals surface area contributed by atoms with Gasteiger partial charge in [0.25, 0.3) is 5.91 Å². The van der Waals surface area contributed by atoms with Crippen molar-refractivity contribution in [2.45, 2.75) is 50.5 Å². The quantitative estimate of drug-likeness (QED) is 0.829. The van der Waals surface area contributed by atoms with Crippen LogP contribution in [0, 0.1) is 0 Å². The van der Waals surface area contributed by atoms with Gasteiger partial charge in [0.15, 0.2) is 6.10 Å². The number of hydrogen-bond acceptors (Lipinski definition) is 5. The Kier molecular flexibility index (Phi) is 5.21. The number of carbonyl (C=O) groups is 3. The van der Waals surface area contributed by atoms with Gasteiger partial charge < -0.3 is 24.6 Å². The first kappa shape index (κ1) is 19.7. The number of morpholine rings is 1. The number of nitrogens with zero attached hydrogens (tertiary/aromatic N) is 2. The van der Waals surface area contributed by atoms with Crippen LogP contribution in [0.4, 0.5) is 4.79 Å². The summed E-state index contributed by atoms with van der Waals surface area (Å²) in [6.45, 7) is 5.27. The van der Waals surface area contributed by atoms with Crippen LogP contribution >= 0.6 is 0 Å². The normalized spacial score (nSPS) is 26.6. The lowest BCUT2D eigenvalue weighted by Crippen LogP contribution is -2.58. The van der Waals surface area contributed by atoms with Crippen LogP contribution in [0.3, 0.4) is 0 Å². The van der Waals surface area contributed by atoms with Gasteiger partial charge >= 0.3 is 6.09 Å². The highest BCUT2D eigenvalue weighted by atomic mass is 16.6. The van der Waals surface area contributed by atoms with Gasteiger partial charge in [0.05, 0.1) is 12.6 Å². The molecular formula is C21H27N3O5. The first-order valence-electron chi connectivity index (χ1n) is 10.1. The van der Waals surface area contributed by atoms with Crippen molar-refractivity contribution in [3.8, 4) is 0 Å². The Morgan fingerprint density at radius 1 is 1.17 bits per heavy atom. The first-order chi connectivity index (χ1) is 13.9. The zero-order valence-electron chi connectivity index (χ0n) is 16.8. The molecule has 3 heterocycles. The Labute approximate surface area is 170 Å². The van der Waals surface area contributed by atoms with Crippen molar-refractivity contribution < 1.29 is 23.9 Å². The molecule has 4 rings (SSSR count). The summed E-state index contributed by atoms with van der Waals surface area (Å²) in [5, 5.41) is 2.71. The molecule has 2 atom stereocenters. The Morgan fingerprint density at radius 3 is 2.45 bits per heavy atom. The Balaban J connectivity index is 1.54. The van der Waals surface area contributed by atoms with Gasteiger partial charge in [0, 0.05) is 32.0 Å². The summed E-state index contributed by atoms with van der Waals surface area (Å²) in [6, 6.07) is 9.05. The number of carbonyl (C=O) groups excluding carboxylic acids is 3. The first-order valence-corrected chi connectivity index (χ1v) is 10.1. The van der Waals surface area contributed by atoms with Crippen molar-refractivity contribution in [2.75, 3.05) is 26.2 Å². The van der Waals surface area contributed by atoms with Crippen molar-refractivity contribution in [3.63, 3.8) is 0 Å². The average molecular weight is 401 g/mol. The van der Waals surface area contributed by atoms with Crippen LogP contribution in [0.1, 0.15) is 38.3 Å². The van der Waals surface area contributed by atoms with Gasteiger partial charge in [-0.3, -0.25) is 9.59 Å². The third-order valence-electron chi connectivity index (χ3n) is 6.05. The lowest BCUT2D eigenvalue weighted by atomic mass is 9.90. The monoisotopic (exact) mass is 401 g/mol. The molecule has 3 aliphatic rings. The van der Waals surface area contributed by atoms with Crippen molar-refractivity contribution in [1.82, 2.24) is 15.1 Å². The van der Waals surface area contributed by atoms with Crippen molar-refractivity contribution >= 4 is 17.9 Å². The van der Waals surface area contributed by atoms with Gasteiger partial charge in [-0.05, 0) is 19.4 Å². The van der Waals surface area contributed by atoms with Crippen LogP contribution in [0.25, 0.3) is 0 Å². The van der Waals surface area contributed by atoms with Gasteiger partial charge in [-0.15, -0.1) is 0 Å². The number of alkyl carbamates (subject to hydrolysis) is 1. The molecule has 3 saturated heterocycles. The largest absolute Gasteiger partial charge is 0.441 e. The number of piperidine rings is 1. The molecule has 8 heteroatoms. The van der Waals surface area contributed by atoms with E-state index >= 15 is 0 Å². The van der Waals surface area contributed by atoms with E-state index in [1.165, 1.54) is 0 Å². The van der Waals surface area contributed by atoms with E-state index in [2.05, 4.69) is 5.32 Å². The number of likely N-dealkylation sites (tertiary alicyclic amines) is 1. The van der Waals surface area contributed by atoms with Crippen LogP contribution in [0.15, 0.2) is 30.3 Å². The van der Waals surface area contributed by atoms with E-state index in [9.17, 15) is 14.4 Å². The van der Waals surface area contributed by atoms with Crippen molar-refractivity contribution in [2.24, 2.45) is 0 Å². The van der Waals surface area contributed by atoms with Crippen molar-refractivity contribution in [1.29, 1.82) is 0 Å². The molecule has 0 aliphatic carbocycles. The lowest BCUT2D eigenvalue weighted by Gasteiger charge is -2.45. The molecule has 1 N–H and O–H groups in total. The fourth-order valence-corrected chi connectivity index (χ4v) is 4.52. The zero-order valence-corrected chi connectivity index (χ0v) is 16.8. The van der Waals surface area contributed by atoms with E-state index in [1.807, 2.05) is 44.2 Å². The molecule has 156 valence electrons.